The summed E-state index contributed by atoms with van der Waals surface area (Å²) in [6.45, 7) is 19.9. The van der Waals surface area contributed by atoms with E-state index < -0.39 is 123 Å². The van der Waals surface area contributed by atoms with Crippen molar-refractivity contribution in [2.75, 3.05) is 230 Å². The van der Waals surface area contributed by atoms with Crippen molar-refractivity contribution in [2.24, 2.45) is 5.73 Å². The number of likely N-dealkylation sites (N-methyl/N-ethyl adjacent to an activating group) is 2. The molecule has 0 aliphatic carbocycles. The van der Waals surface area contributed by atoms with E-state index >= 15 is 0 Å². The van der Waals surface area contributed by atoms with E-state index in [4.69, 9.17) is 29.8 Å². The van der Waals surface area contributed by atoms with Gasteiger partial charge in [-0.3, -0.25) is 107 Å². The first-order valence-electron chi connectivity index (χ1n) is 49.0. The van der Waals surface area contributed by atoms with Crippen LogP contribution < -0.4 is 58.6 Å². The molecular weight excluding hydrogens is 1920 g/mol. The number of aromatic amines is 2. The van der Waals surface area contributed by atoms with Gasteiger partial charge in [-0.05, 0) is 133 Å². The van der Waals surface area contributed by atoms with Crippen molar-refractivity contribution in [1.29, 1.82) is 0 Å². The number of benzene rings is 6. The van der Waals surface area contributed by atoms with E-state index in [0.717, 1.165) is 153 Å². The van der Waals surface area contributed by atoms with E-state index in [2.05, 4.69) is 99.3 Å². The first kappa shape index (κ1) is 109. The minimum atomic E-state index is -4.91. The van der Waals surface area contributed by atoms with Gasteiger partial charge in [0.25, 0.3) is 35.4 Å². The molecule has 2 aromatic heterocycles. The van der Waals surface area contributed by atoms with Gasteiger partial charge in [0, 0.05) is 207 Å². The van der Waals surface area contributed by atoms with Crippen LogP contribution in [0, 0.1) is 0 Å². The molecule has 6 aromatic carbocycles. The maximum absolute atomic E-state index is 13.9. The summed E-state index contributed by atoms with van der Waals surface area (Å²) >= 11 is 0. The molecule has 16 rings (SSSR count). The summed E-state index contributed by atoms with van der Waals surface area (Å²) in [6.07, 6.45) is -6.59. The molecule has 11 amide bonds. The Bertz CT molecular complexity index is 6230. The third kappa shape index (κ3) is 29.2. The monoisotopic (exact) mass is 2040 g/mol. The van der Waals surface area contributed by atoms with Gasteiger partial charge in [-0.15, -0.1) is 0 Å². The van der Waals surface area contributed by atoms with Crippen molar-refractivity contribution in [3.8, 4) is 22.3 Å². The lowest BCUT2D eigenvalue weighted by Gasteiger charge is -2.35. The molecule has 11 N–H and O–H groups in total. The number of alkyl halides is 6. The predicted octanol–water partition coefficient (Wildman–Crippen LogP) is 6.90. The Morgan fingerprint density at radius 1 is 0.442 bits per heavy atom. The van der Waals surface area contributed by atoms with Crippen molar-refractivity contribution in [1.82, 2.24) is 65.1 Å². The van der Waals surface area contributed by atoms with Crippen molar-refractivity contribution in [2.45, 2.75) is 88.9 Å². The molecule has 2 unspecified atom stereocenters. The van der Waals surface area contributed by atoms with Crippen LogP contribution in [0.15, 0.2) is 155 Å². The summed E-state index contributed by atoms with van der Waals surface area (Å²) in [5, 5.41) is 24.4. The van der Waals surface area contributed by atoms with E-state index in [-0.39, 0.29) is 94.2 Å². The number of rotatable bonds is 39. The maximum Gasteiger partial charge on any atom is 0.417 e. The number of carboxylic acid groups (broad SMARTS) is 1. The van der Waals surface area contributed by atoms with Crippen molar-refractivity contribution in [3.05, 3.63) is 228 Å². The number of piperidine rings is 2. The predicted molar refractivity (Wildman–Crippen MR) is 532 cm³/mol. The van der Waals surface area contributed by atoms with Crippen LogP contribution in [-0.4, -0.2) is 342 Å². The summed E-state index contributed by atoms with van der Waals surface area (Å²) < 4.78 is 105. The number of hydrogen-bond acceptors (Lipinski definition) is 28. The molecule has 44 heteroatoms. The molecule has 6 fully saturated rings. The van der Waals surface area contributed by atoms with Crippen LogP contribution in [0.3, 0.4) is 0 Å². The van der Waals surface area contributed by atoms with Gasteiger partial charge in [0.15, 0.2) is 0 Å². The van der Waals surface area contributed by atoms with Crippen LogP contribution >= 0.6 is 0 Å². The average molecular weight is 2040 g/mol. The van der Waals surface area contributed by atoms with Crippen LogP contribution in [0.2, 0.25) is 0 Å². The lowest BCUT2D eigenvalue weighted by Crippen LogP contribution is -2.54. The van der Waals surface area contributed by atoms with E-state index in [1.165, 1.54) is 6.07 Å². The Labute approximate surface area is 843 Å². The molecule has 10 heterocycles. The Morgan fingerprint density at radius 3 is 1.34 bits per heavy atom. The number of aliphatic carboxylic acids is 1. The number of carboxylic acids is 1. The largest absolute Gasteiger partial charge is 0.481 e. The van der Waals surface area contributed by atoms with E-state index in [0.29, 0.717) is 138 Å². The van der Waals surface area contributed by atoms with Crippen LogP contribution in [0.5, 0.6) is 0 Å². The molecule has 38 nitrogen and oxygen atoms in total. The van der Waals surface area contributed by atoms with Crippen LogP contribution in [-0.2, 0) is 79.6 Å². The van der Waals surface area contributed by atoms with Crippen molar-refractivity contribution < 1.29 is 108 Å². The highest BCUT2D eigenvalue weighted by molar-refractivity contribution is 6.26. The van der Waals surface area contributed by atoms with Gasteiger partial charge < -0.3 is 80.6 Å². The Hall–Kier alpha value is -13.8. The van der Waals surface area contributed by atoms with Gasteiger partial charge >= 0.3 is 18.3 Å². The number of amides is 11. The van der Waals surface area contributed by atoms with Gasteiger partial charge in [0.05, 0.1) is 120 Å². The van der Waals surface area contributed by atoms with Gasteiger partial charge in [0.1, 0.15) is 12.1 Å². The van der Waals surface area contributed by atoms with E-state index in [9.17, 15) is 93.5 Å². The maximum atomic E-state index is 13.9. The zero-order valence-electron chi connectivity index (χ0n) is 81.7. The quantitative estimate of drug-likeness (QED) is 0.0106. The number of fused-ring (bicyclic) bond motifs is 2. The van der Waals surface area contributed by atoms with Crippen LogP contribution in [0.25, 0.3) is 22.3 Å². The smallest absolute Gasteiger partial charge is 0.417 e. The number of halogens is 6. The summed E-state index contributed by atoms with van der Waals surface area (Å²) in [7, 11) is 4.05. The summed E-state index contributed by atoms with van der Waals surface area (Å²) in [5.74, 6) is -7.32. The molecule has 0 radical (unpaired) electrons. The zero-order valence-corrected chi connectivity index (χ0v) is 81.7. The summed E-state index contributed by atoms with van der Waals surface area (Å²) in [5.41, 5.74) is 9.83. The average Bonchev–Trinajstić information content (AvgIpc) is 1.59. The van der Waals surface area contributed by atoms with E-state index in [1.54, 1.807) is 36.4 Å². The normalized spacial score (nSPS) is 17.8. The number of nitrogens with one attached hydrogen (secondary N) is 8. The van der Waals surface area contributed by atoms with Gasteiger partial charge in [0.2, 0.25) is 40.7 Å². The third-order valence-corrected chi connectivity index (χ3v) is 26.6. The molecule has 0 saturated carbocycles. The van der Waals surface area contributed by atoms with Crippen molar-refractivity contribution >= 4 is 99.4 Å². The number of anilines is 5. The number of aromatic nitrogens is 2. The number of H-pyrrole nitrogens is 2. The van der Waals surface area contributed by atoms with Crippen LogP contribution in [0.1, 0.15) is 135 Å². The fraction of sp³-hybridized carbons (Fsp3) is 0.437. The third-order valence-electron chi connectivity index (χ3n) is 26.6. The molecule has 8 aliphatic rings. The van der Waals surface area contributed by atoms with Gasteiger partial charge in [-0.1, -0.05) is 66.7 Å². The second-order valence-corrected chi connectivity index (χ2v) is 36.8. The minimum absolute atomic E-state index is 0.0384. The fourth-order valence-electron chi connectivity index (χ4n) is 18.7. The highest BCUT2D eigenvalue weighted by Crippen LogP contribution is 2.41. The SMILES string of the molecule is CN1CCN(c2ccc(-c3cccc(CN4CCN(CCN)CC4)c3)cc2NC(=O)c2c[nH]c(=O)cc2C(F)(F)F)CC1.CN1CCN(c2ccc(-c3cccc(CN4CCN(CCNC(=O)CCOCCOCCNc5cccc6c5C(=O)N(C5CCC(=O)NC5=O)C6=O)CC4)c3)cc2NC(=O)c2c[nH]c(=O)cc2C(F)(F)F)CC1.O=C(O)CCOCCOCCCc1cccc2c1C(=O)N(C1CCC(=O)NC1=O)C2=O. The summed E-state index contributed by atoms with van der Waals surface area (Å²) in [6, 6.07) is 36.2. The van der Waals surface area contributed by atoms with Gasteiger partial charge in [-0.25, -0.2) is 0 Å². The highest BCUT2D eigenvalue weighted by atomic mass is 19.4. The number of pyridine rings is 2. The second kappa shape index (κ2) is 51.0. The van der Waals surface area contributed by atoms with Crippen molar-refractivity contribution in [3.63, 3.8) is 0 Å². The standard InChI is InChI=1S/C51H59F3N10O9.C31H38F3N7O2.C21H24N2O8/c1-60-16-22-63(23-17-60)41-9-8-35(29-40(41)58-47(68)37-31-57-45(67)30-38(37)51(52,53)54)34-5-2-4-33(28-34)32-62-20-18-61(19-21-62)15-13-56-43(65)12-24-72-26-27-73-25-14-55-39-7-3-6-36-46(39)50(71)64(49(36)70)42-10-11-44(66)59-48(42)69;1-38-9-15-41(16-10-38)28-6-5-24(18-27(28)37-30(43)25-20-36-29(42)19-26(25)31(32,33)34)23-4-2-3-22(17-23)21-40-13-11-39(8-7-35)12-14-40;24-16-7-6-15(19(27)22-16)23-20(28)14-5-1-3-13(18(14)21(23)29)4-2-9-30-11-12-31-10-8-17(25)26/h2-9,28-31,42,55H,10-27,32H2,1H3,(H,56,65)(H,57,67)(H,58,68)(H,59,66,69);2-6,17-20H,7-16,21,35H2,1H3,(H,36,42)(H,37,43);1,3,5,15H,2,4,6-12H2,(H,25,26)(H,22,24,27). The fourth-order valence-corrected chi connectivity index (χ4v) is 18.7. The Morgan fingerprint density at radius 2 is 0.871 bits per heavy atom. The number of carbonyl (C=O) groups is 12. The topological polar surface area (TPSA) is 458 Å². The zero-order chi connectivity index (χ0) is 105. The molecule has 2 atom stereocenters. The molecule has 0 bridgehead atoms. The minimum Gasteiger partial charge on any atom is -0.481 e. The second-order valence-electron chi connectivity index (χ2n) is 36.8. The molecule has 147 heavy (non-hydrogen) atoms. The number of piperazine rings is 4. The first-order chi connectivity index (χ1) is 70.6. The number of carbonyl (C=O) groups excluding carboxylic acids is 11. The lowest BCUT2D eigenvalue weighted by molar-refractivity contribution is -0.139. The Kier molecular flexibility index (Phi) is 37.8. The Balaban J connectivity index is 0.000000194. The molecule has 8 aromatic rings. The number of ether oxygens (including phenoxy) is 4. The van der Waals surface area contributed by atoms with E-state index in [1.807, 2.05) is 74.8 Å². The number of imide groups is 4. The lowest BCUT2D eigenvalue weighted by atomic mass is 9.99. The number of aryl methyl sites for hydroxylation is 1. The highest BCUT2D eigenvalue weighted by Gasteiger charge is 2.48. The van der Waals surface area contributed by atoms with Gasteiger partial charge in [-0.2, -0.15) is 26.3 Å². The number of nitrogens with zero attached hydrogens (tertiary/aromatic N) is 10. The first-order valence-corrected chi connectivity index (χ1v) is 49.0. The number of nitrogens with two attached hydrogens (primary N) is 1. The summed E-state index contributed by atoms with van der Waals surface area (Å²) in [4.78, 5) is 197. The molecule has 784 valence electrons. The van der Waals surface area contributed by atoms with Crippen LogP contribution in [0.4, 0.5) is 54.8 Å². The molecule has 8 aliphatic heterocycles. The molecule has 0 spiro atoms. The molecular formula is C103H121F6N19O19. The molecule has 6 saturated heterocycles. The number of hydrogen-bond donors (Lipinski definition) is 10.